The summed E-state index contributed by atoms with van der Waals surface area (Å²) < 4.78 is 1.00. The summed E-state index contributed by atoms with van der Waals surface area (Å²) in [4.78, 5) is 10.1. The van der Waals surface area contributed by atoms with Crippen molar-refractivity contribution in [3.63, 3.8) is 0 Å². The fourth-order valence-electron chi connectivity index (χ4n) is 1.48. The Balaban J connectivity index is 0.000000189. The van der Waals surface area contributed by atoms with E-state index in [1.165, 1.54) is 0 Å². The third-order valence-corrected chi connectivity index (χ3v) is 2.60. The van der Waals surface area contributed by atoms with Gasteiger partial charge in [0.15, 0.2) is 0 Å². The molecule has 0 saturated heterocycles. The van der Waals surface area contributed by atoms with Crippen molar-refractivity contribution in [1.82, 2.24) is 10.2 Å². The number of halogens is 1. The number of hydrogen-bond donors (Lipinski definition) is 2. The third kappa shape index (κ3) is 4.89. The smallest absolute Gasteiger partial charge is 0.347 e. The molecule has 0 fully saturated rings. The summed E-state index contributed by atoms with van der Waals surface area (Å²) in [6, 6.07) is 10.4. The zero-order chi connectivity index (χ0) is 15.7. The maximum absolute atomic E-state index is 10.1. The molecule has 2 N–H and O–H groups in total. The molecule has 0 bridgehead atoms. The highest BCUT2D eigenvalue weighted by molar-refractivity contribution is 6.30. The first kappa shape index (κ1) is 16.7. The zero-order valence-electron chi connectivity index (χ0n) is 11.8. The van der Waals surface area contributed by atoms with Crippen LogP contribution in [0.3, 0.4) is 0 Å². The van der Waals surface area contributed by atoms with Crippen LogP contribution < -0.4 is 4.73 Å². The molecule has 0 saturated carbocycles. The Morgan fingerprint density at radius 3 is 2.62 bits per heavy atom. The van der Waals surface area contributed by atoms with Gasteiger partial charge in [-0.1, -0.05) is 42.7 Å². The van der Waals surface area contributed by atoms with Gasteiger partial charge in [0, 0.05) is 10.6 Å². The van der Waals surface area contributed by atoms with Crippen LogP contribution in [0.2, 0.25) is 5.02 Å². The molecule has 0 aliphatic rings. The van der Waals surface area contributed by atoms with E-state index < -0.39 is 0 Å². The number of carbonyl (C=O) groups is 1. The number of H-pyrrole nitrogens is 1. The molecule has 110 valence electrons. The number of nitrogens with zero attached hydrogens (tertiary/aromatic N) is 2. The number of aromatic nitrogens is 3. The minimum absolute atomic E-state index is 0.597. The van der Waals surface area contributed by atoms with Crippen molar-refractivity contribution in [2.24, 2.45) is 0 Å². The minimum atomic E-state index is 0.597. The van der Waals surface area contributed by atoms with E-state index >= 15 is 0 Å². The van der Waals surface area contributed by atoms with Gasteiger partial charge >= 0.3 is 5.65 Å². The van der Waals surface area contributed by atoms with Gasteiger partial charge in [0.1, 0.15) is 12.5 Å². The van der Waals surface area contributed by atoms with Gasteiger partial charge in [0.05, 0.1) is 11.6 Å². The Bertz CT molecular complexity index is 698. The molecule has 1 aromatic carbocycles. The molecule has 2 aromatic heterocycles. The lowest BCUT2D eigenvalue weighted by molar-refractivity contribution is -0.886. The van der Waals surface area contributed by atoms with Gasteiger partial charge in [0.2, 0.25) is 0 Å². The van der Waals surface area contributed by atoms with E-state index in [0.29, 0.717) is 16.2 Å². The van der Waals surface area contributed by atoms with Crippen LogP contribution in [0.5, 0.6) is 0 Å². The van der Waals surface area contributed by atoms with Crippen molar-refractivity contribution >= 4 is 28.9 Å². The Kier molecular flexibility index (Phi) is 6.91. The Morgan fingerprint density at radius 2 is 2.05 bits per heavy atom. The molecule has 21 heavy (non-hydrogen) atoms. The van der Waals surface area contributed by atoms with Crippen LogP contribution in [0.1, 0.15) is 24.2 Å². The maximum Gasteiger partial charge on any atom is 0.347 e. The van der Waals surface area contributed by atoms with Crippen LogP contribution >= 0.6 is 11.6 Å². The molecule has 0 radical (unpaired) electrons. The lowest BCUT2D eigenvalue weighted by Crippen LogP contribution is -2.29. The van der Waals surface area contributed by atoms with Crippen LogP contribution in [0.25, 0.3) is 11.0 Å². The SMILES string of the molecule is CC.O=Cc1cccc(Cl)c1.O[n+]1cccc2cn[nH]c21. The zero-order valence-corrected chi connectivity index (χ0v) is 12.6. The largest absolute Gasteiger partial charge is 0.350 e. The number of fused-ring (bicyclic) bond motifs is 1. The summed E-state index contributed by atoms with van der Waals surface area (Å²) in [5.41, 5.74) is 1.23. The Hall–Kier alpha value is -2.40. The average molecular weight is 307 g/mol. The van der Waals surface area contributed by atoms with Crippen molar-refractivity contribution < 1.29 is 14.7 Å². The summed E-state index contributed by atoms with van der Waals surface area (Å²) in [6.45, 7) is 4.00. The fourth-order valence-corrected chi connectivity index (χ4v) is 1.68. The number of pyridine rings is 1. The molecule has 0 amide bonds. The van der Waals surface area contributed by atoms with Gasteiger partial charge in [-0.05, 0) is 29.0 Å². The van der Waals surface area contributed by atoms with Gasteiger partial charge in [0.25, 0.3) is 0 Å². The van der Waals surface area contributed by atoms with E-state index in [0.717, 1.165) is 16.4 Å². The first-order valence-electron chi connectivity index (χ1n) is 6.44. The van der Waals surface area contributed by atoms with E-state index in [-0.39, 0.29) is 0 Å². The highest BCUT2D eigenvalue weighted by atomic mass is 35.5. The van der Waals surface area contributed by atoms with Crippen LogP contribution in [0.15, 0.2) is 48.8 Å². The summed E-state index contributed by atoms with van der Waals surface area (Å²) in [6.07, 6.45) is 3.97. The molecule has 0 atom stereocenters. The number of aromatic amines is 1. The number of benzene rings is 1. The molecule has 0 spiro atoms. The molecule has 0 aliphatic carbocycles. The molecular formula is C15H17ClN3O2+. The highest BCUT2D eigenvalue weighted by Crippen LogP contribution is 2.08. The topological polar surface area (TPSA) is 69.9 Å². The Labute approximate surface area is 127 Å². The standard InChI is InChI=1S/C7H5ClO.C6H5N3O.C2H6/c8-7-3-1-2-6(4-7)5-9;10-9-3-1-2-5-4-7-8-6(5)9;1-2/h1-5H;1-4,10H;1-2H3/p+1. The van der Waals surface area contributed by atoms with Gasteiger partial charge < -0.3 is 5.21 Å². The lowest BCUT2D eigenvalue weighted by atomic mass is 10.2. The summed E-state index contributed by atoms with van der Waals surface area (Å²) >= 11 is 5.56. The number of hydrogen-bond acceptors (Lipinski definition) is 3. The first-order chi connectivity index (χ1) is 10.2. The molecule has 5 nitrogen and oxygen atoms in total. The van der Waals surface area contributed by atoms with E-state index in [9.17, 15) is 4.79 Å². The lowest BCUT2D eigenvalue weighted by Gasteiger charge is -1.88. The van der Waals surface area contributed by atoms with E-state index in [2.05, 4.69) is 10.2 Å². The summed E-state index contributed by atoms with van der Waals surface area (Å²) in [5, 5.41) is 17.0. The predicted octanol–water partition coefficient (Wildman–Crippen LogP) is 3.27. The monoisotopic (exact) mass is 306 g/mol. The van der Waals surface area contributed by atoms with Gasteiger partial charge in [-0.2, -0.15) is 0 Å². The van der Waals surface area contributed by atoms with Crippen molar-refractivity contribution in [2.45, 2.75) is 13.8 Å². The molecule has 6 heteroatoms. The minimum Gasteiger partial charge on any atom is -0.350 e. The summed E-state index contributed by atoms with van der Waals surface area (Å²) in [7, 11) is 0. The first-order valence-corrected chi connectivity index (χ1v) is 6.82. The van der Waals surface area contributed by atoms with Crippen LogP contribution in [-0.2, 0) is 0 Å². The van der Waals surface area contributed by atoms with E-state index in [1.807, 2.05) is 19.9 Å². The summed E-state index contributed by atoms with van der Waals surface area (Å²) in [5.74, 6) is 0. The number of rotatable bonds is 1. The molecule has 2 heterocycles. The average Bonchev–Trinajstić information content (AvgIpc) is 3.00. The molecule has 3 aromatic rings. The van der Waals surface area contributed by atoms with Crippen molar-refractivity contribution in [3.8, 4) is 0 Å². The quantitative estimate of drug-likeness (QED) is 0.412. The molecular weight excluding hydrogens is 290 g/mol. The van der Waals surface area contributed by atoms with Crippen LogP contribution in [0.4, 0.5) is 0 Å². The molecule has 0 unspecified atom stereocenters. The second-order valence-corrected chi connectivity index (χ2v) is 4.14. The van der Waals surface area contributed by atoms with E-state index in [4.69, 9.17) is 16.8 Å². The van der Waals surface area contributed by atoms with Crippen LogP contribution in [-0.4, -0.2) is 21.7 Å². The van der Waals surface area contributed by atoms with Crippen molar-refractivity contribution in [3.05, 3.63) is 59.4 Å². The number of aldehydes is 1. The fraction of sp³-hybridized carbons (Fsp3) is 0.133. The Morgan fingerprint density at radius 1 is 1.29 bits per heavy atom. The van der Waals surface area contributed by atoms with Gasteiger partial charge in [-0.3, -0.25) is 4.79 Å². The molecule has 0 aliphatic heterocycles. The number of nitrogens with one attached hydrogen (secondary N) is 1. The van der Waals surface area contributed by atoms with Crippen LogP contribution in [0, 0.1) is 0 Å². The second-order valence-electron chi connectivity index (χ2n) is 3.70. The van der Waals surface area contributed by atoms with Crippen molar-refractivity contribution in [2.75, 3.05) is 0 Å². The predicted molar refractivity (Wildman–Crippen MR) is 81.7 cm³/mol. The number of carbonyl (C=O) groups excluding carboxylic acids is 1. The maximum atomic E-state index is 10.1. The van der Waals surface area contributed by atoms with Crippen molar-refractivity contribution in [1.29, 1.82) is 0 Å². The second kappa shape index (κ2) is 8.71. The van der Waals surface area contributed by atoms with Gasteiger partial charge in [-0.25, -0.2) is 0 Å². The highest BCUT2D eigenvalue weighted by Gasteiger charge is 2.05. The third-order valence-electron chi connectivity index (χ3n) is 2.36. The van der Waals surface area contributed by atoms with E-state index in [1.54, 1.807) is 42.7 Å². The van der Waals surface area contributed by atoms with Gasteiger partial charge in [-0.15, -0.1) is 5.10 Å². The molecule has 3 rings (SSSR count). The normalized spacial score (nSPS) is 9.10.